The molecule has 0 N–H and O–H groups in total. The Morgan fingerprint density at radius 1 is 1.19 bits per heavy atom. The highest BCUT2D eigenvalue weighted by Gasteiger charge is 2.29. The SMILES string of the molecule is CN(C)C(=O)C1CN(C(=O)CCCN2CCCC2)CCO1. The summed E-state index contributed by atoms with van der Waals surface area (Å²) in [7, 11) is 3.42. The lowest BCUT2D eigenvalue weighted by atomic mass is 10.2. The second-order valence-electron chi connectivity index (χ2n) is 6.08. The third-order valence-electron chi connectivity index (χ3n) is 4.20. The minimum absolute atomic E-state index is 0.0652. The van der Waals surface area contributed by atoms with Gasteiger partial charge in [-0.3, -0.25) is 9.59 Å². The summed E-state index contributed by atoms with van der Waals surface area (Å²) in [5.41, 5.74) is 0. The molecule has 0 bridgehead atoms. The van der Waals surface area contributed by atoms with Crippen molar-refractivity contribution in [2.24, 2.45) is 0 Å². The van der Waals surface area contributed by atoms with Crippen LogP contribution < -0.4 is 0 Å². The van der Waals surface area contributed by atoms with Gasteiger partial charge in [0.2, 0.25) is 5.91 Å². The van der Waals surface area contributed by atoms with Crippen LogP contribution in [0.1, 0.15) is 25.7 Å². The molecule has 0 radical (unpaired) electrons. The van der Waals surface area contributed by atoms with E-state index < -0.39 is 6.10 Å². The number of likely N-dealkylation sites (tertiary alicyclic amines) is 1. The lowest BCUT2D eigenvalue weighted by molar-refractivity contribution is -0.152. The Balaban J connectivity index is 1.72. The monoisotopic (exact) mass is 297 g/mol. The highest BCUT2D eigenvalue weighted by Crippen LogP contribution is 2.12. The first-order valence-electron chi connectivity index (χ1n) is 7.91. The van der Waals surface area contributed by atoms with Crippen LogP contribution in [0.3, 0.4) is 0 Å². The summed E-state index contributed by atoms with van der Waals surface area (Å²) in [6.07, 6.45) is 3.54. The summed E-state index contributed by atoms with van der Waals surface area (Å²) in [6, 6.07) is 0. The molecular weight excluding hydrogens is 270 g/mol. The molecule has 6 heteroatoms. The maximum atomic E-state index is 12.2. The van der Waals surface area contributed by atoms with Gasteiger partial charge in [0, 0.05) is 27.1 Å². The molecule has 6 nitrogen and oxygen atoms in total. The molecule has 2 amide bonds. The molecule has 0 aromatic heterocycles. The summed E-state index contributed by atoms with van der Waals surface area (Å²) >= 11 is 0. The first-order valence-corrected chi connectivity index (χ1v) is 7.91. The Labute approximate surface area is 127 Å². The normalized spacial score (nSPS) is 23.3. The standard InChI is InChI=1S/C15H27N3O3/c1-16(2)15(20)13-12-18(10-11-21-13)14(19)6-5-9-17-7-3-4-8-17/h13H,3-12H2,1-2H3. The van der Waals surface area contributed by atoms with Crippen LogP contribution in [-0.4, -0.2) is 86.0 Å². The number of morpholine rings is 1. The fourth-order valence-electron chi connectivity index (χ4n) is 2.93. The molecule has 1 unspecified atom stereocenters. The lowest BCUT2D eigenvalue weighted by Crippen LogP contribution is -2.51. The molecule has 2 heterocycles. The van der Waals surface area contributed by atoms with Crippen molar-refractivity contribution < 1.29 is 14.3 Å². The lowest BCUT2D eigenvalue weighted by Gasteiger charge is -2.33. The Kier molecular flexibility index (Phi) is 5.99. The van der Waals surface area contributed by atoms with Gasteiger partial charge in [0.15, 0.2) is 6.10 Å². The van der Waals surface area contributed by atoms with Crippen molar-refractivity contribution in [1.82, 2.24) is 14.7 Å². The second-order valence-corrected chi connectivity index (χ2v) is 6.08. The molecule has 0 aromatic carbocycles. The number of carbonyl (C=O) groups is 2. The molecular formula is C15H27N3O3. The van der Waals surface area contributed by atoms with E-state index in [9.17, 15) is 9.59 Å². The molecule has 0 aromatic rings. The Morgan fingerprint density at radius 2 is 1.90 bits per heavy atom. The van der Waals surface area contributed by atoms with Crippen molar-refractivity contribution in [2.75, 3.05) is 53.4 Å². The zero-order chi connectivity index (χ0) is 15.2. The summed E-state index contributed by atoms with van der Waals surface area (Å²) in [5.74, 6) is 0.0821. The number of ether oxygens (including phenoxy) is 1. The topological polar surface area (TPSA) is 53.1 Å². The van der Waals surface area contributed by atoms with Crippen molar-refractivity contribution in [3.8, 4) is 0 Å². The molecule has 2 aliphatic rings. The van der Waals surface area contributed by atoms with Gasteiger partial charge >= 0.3 is 0 Å². The smallest absolute Gasteiger partial charge is 0.253 e. The fraction of sp³-hybridized carbons (Fsp3) is 0.867. The zero-order valence-corrected chi connectivity index (χ0v) is 13.2. The number of carbonyl (C=O) groups excluding carboxylic acids is 2. The molecule has 120 valence electrons. The quantitative estimate of drug-likeness (QED) is 0.726. The van der Waals surface area contributed by atoms with Crippen LogP contribution >= 0.6 is 0 Å². The van der Waals surface area contributed by atoms with Crippen molar-refractivity contribution in [1.29, 1.82) is 0 Å². The van der Waals surface area contributed by atoms with Crippen molar-refractivity contribution in [3.63, 3.8) is 0 Å². The first kappa shape index (κ1) is 16.2. The summed E-state index contributed by atoms with van der Waals surface area (Å²) in [6.45, 7) is 4.79. The predicted molar refractivity (Wildman–Crippen MR) is 79.9 cm³/mol. The highest BCUT2D eigenvalue weighted by molar-refractivity contribution is 5.82. The fourth-order valence-corrected chi connectivity index (χ4v) is 2.93. The van der Waals surface area contributed by atoms with Crippen molar-refractivity contribution in [3.05, 3.63) is 0 Å². The van der Waals surface area contributed by atoms with Gasteiger partial charge in [-0.05, 0) is 38.9 Å². The van der Waals surface area contributed by atoms with Crippen LogP contribution in [0.2, 0.25) is 0 Å². The maximum Gasteiger partial charge on any atom is 0.253 e. The largest absolute Gasteiger partial charge is 0.365 e. The van der Waals surface area contributed by atoms with Crippen LogP contribution in [0, 0.1) is 0 Å². The van der Waals surface area contributed by atoms with E-state index in [1.54, 1.807) is 19.0 Å². The average Bonchev–Trinajstić information content (AvgIpc) is 2.99. The molecule has 2 aliphatic heterocycles. The molecule has 2 fully saturated rings. The Morgan fingerprint density at radius 3 is 2.57 bits per heavy atom. The molecule has 21 heavy (non-hydrogen) atoms. The zero-order valence-electron chi connectivity index (χ0n) is 13.2. The van der Waals surface area contributed by atoms with E-state index in [-0.39, 0.29) is 11.8 Å². The minimum atomic E-state index is -0.503. The number of hydrogen-bond acceptors (Lipinski definition) is 4. The molecule has 2 saturated heterocycles. The highest BCUT2D eigenvalue weighted by atomic mass is 16.5. The van der Waals surface area contributed by atoms with Crippen molar-refractivity contribution in [2.45, 2.75) is 31.8 Å². The molecule has 0 saturated carbocycles. The van der Waals surface area contributed by atoms with Crippen molar-refractivity contribution >= 4 is 11.8 Å². The molecule has 0 spiro atoms. The van der Waals surface area contributed by atoms with E-state index in [1.165, 1.54) is 30.8 Å². The van der Waals surface area contributed by atoms with Gasteiger partial charge in [0.1, 0.15) is 0 Å². The van der Waals surface area contributed by atoms with E-state index in [4.69, 9.17) is 4.74 Å². The Bertz CT molecular complexity index is 367. The summed E-state index contributed by atoms with van der Waals surface area (Å²) < 4.78 is 5.47. The van der Waals surface area contributed by atoms with Gasteiger partial charge in [0.25, 0.3) is 5.91 Å². The van der Waals surface area contributed by atoms with Crippen LogP contribution in [-0.2, 0) is 14.3 Å². The number of hydrogen-bond donors (Lipinski definition) is 0. The van der Waals surface area contributed by atoms with Crippen LogP contribution in [0.15, 0.2) is 0 Å². The summed E-state index contributed by atoms with van der Waals surface area (Å²) in [4.78, 5) is 29.9. The number of amides is 2. The number of nitrogens with zero attached hydrogens (tertiary/aromatic N) is 3. The predicted octanol–water partition coefficient (Wildman–Crippen LogP) is 0.178. The Hall–Kier alpha value is -1.14. The van der Waals surface area contributed by atoms with Gasteiger partial charge in [-0.15, -0.1) is 0 Å². The number of likely N-dealkylation sites (N-methyl/N-ethyl adjacent to an activating group) is 1. The van der Waals surface area contributed by atoms with Crippen LogP contribution in [0.4, 0.5) is 0 Å². The van der Waals surface area contributed by atoms with E-state index in [1.807, 2.05) is 0 Å². The van der Waals surface area contributed by atoms with Gasteiger partial charge in [-0.2, -0.15) is 0 Å². The van der Waals surface area contributed by atoms with E-state index >= 15 is 0 Å². The van der Waals surface area contributed by atoms with E-state index in [0.717, 1.165) is 13.0 Å². The van der Waals surface area contributed by atoms with Gasteiger partial charge < -0.3 is 19.4 Å². The van der Waals surface area contributed by atoms with Gasteiger partial charge in [-0.25, -0.2) is 0 Å². The van der Waals surface area contributed by atoms with Gasteiger partial charge in [0.05, 0.1) is 13.2 Å². The third-order valence-corrected chi connectivity index (χ3v) is 4.20. The molecule has 0 aliphatic carbocycles. The van der Waals surface area contributed by atoms with E-state index in [0.29, 0.717) is 26.1 Å². The first-order chi connectivity index (χ1) is 10.1. The van der Waals surface area contributed by atoms with Crippen LogP contribution in [0.25, 0.3) is 0 Å². The van der Waals surface area contributed by atoms with Gasteiger partial charge in [-0.1, -0.05) is 0 Å². The average molecular weight is 297 g/mol. The molecule has 1 atom stereocenters. The van der Waals surface area contributed by atoms with Crippen LogP contribution in [0.5, 0.6) is 0 Å². The summed E-state index contributed by atoms with van der Waals surface area (Å²) in [5, 5.41) is 0. The van der Waals surface area contributed by atoms with E-state index in [2.05, 4.69) is 4.90 Å². The number of rotatable bonds is 5. The minimum Gasteiger partial charge on any atom is -0.365 e. The third kappa shape index (κ3) is 4.68. The second kappa shape index (κ2) is 7.75. The maximum absolute atomic E-state index is 12.2. The molecule has 2 rings (SSSR count).